The Morgan fingerprint density at radius 2 is 2.29 bits per heavy atom. The highest BCUT2D eigenvalue weighted by Crippen LogP contribution is 2.34. The van der Waals surface area contributed by atoms with Crippen molar-refractivity contribution in [1.29, 1.82) is 0 Å². The van der Waals surface area contributed by atoms with E-state index in [0.717, 1.165) is 24.8 Å². The Balaban J connectivity index is 2.95. The lowest BCUT2D eigenvalue weighted by Crippen LogP contribution is -2.42. The van der Waals surface area contributed by atoms with E-state index in [2.05, 4.69) is 33.4 Å². The summed E-state index contributed by atoms with van der Waals surface area (Å²) in [5.41, 5.74) is 3.90. The molecule has 98 valence electrons. The third-order valence-corrected chi connectivity index (χ3v) is 3.29. The minimum absolute atomic E-state index is 0.320. The number of hydrogen-bond donors (Lipinski definition) is 1. The van der Waals surface area contributed by atoms with Crippen LogP contribution in [0.4, 0.5) is 0 Å². The molecule has 0 aromatic rings. The Bertz CT molecular complexity index is 300. The van der Waals surface area contributed by atoms with Crippen molar-refractivity contribution in [2.45, 2.75) is 65.1 Å². The highest BCUT2D eigenvalue weighted by molar-refractivity contribution is 5.22. The molecule has 0 radical (unpaired) electrons. The molecule has 0 bridgehead atoms. The van der Waals surface area contributed by atoms with Gasteiger partial charge in [-0.3, -0.25) is 0 Å². The van der Waals surface area contributed by atoms with Gasteiger partial charge in [0.25, 0.3) is 0 Å². The molecule has 0 amide bonds. The van der Waals surface area contributed by atoms with Crippen LogP contribution in [0.5, 0.6) is 0 Å². The van der Waals surface area contributed by atoms with Crippen molar-refractivity contribution in [2.24, 2.45) is 5.92 Å². The molecule has 1 heterocycles. The van der Waals surface area contributed by atoms with Crippen molar-refractivity contribution < 1.29 is 9.84 Å². The van der Waals surface area contributed by atoms with Crippen LogP contribution in [0.25, 0.3) is 0 Å². The molecule has 1 saturated heterocycles. The molecule has 1 N–H and O–H groups in total. The fourth-order valence-electron chi connectivity index (χ4n) is 2.20. The molecule has 0 spiro atoms. The fraction of sp³-hybridized carbons (Fsp3) is 0.800. The third-order valence-electron chi connectivity index (χ3n) is 3.29. The van der Waals surface area contributed by atoms with Gasteiger partial charge in [0.1, 0.15) is 0 Å². The second-order valence-corrected chi connectivity index (χ2v) is 5.46. The molecule has 0 unspecified atom stereocenters. The Morgan fingerprint density at radius 3 is 2.88 bits per heavy atom. The quantitative estimate of drug-likeness (QED) is 0.760. The first-order valence-electron chi connectivity index (χ1n) is 6.79. The van der Waals surface area contributed by atoms with Crippen LogP contribution in [0.2, 0.25) is 0 Å². The molecule has 1 aliphatic rings. The SMILES string of the molecule is CCCC[C@@]1(C)OCC[C@H](O)C1=C=CC(C)C. The van der Waals surface area contributed by atoms with Crippen LogP contribution in [0.1, 0.15) is 53.4 Å². The second-order valence-electron chi connectivity index (χ2n) is 5.46. The predicted molar refractivity (Wildman–Crippen MR) is 70.9 cm³/mol. The summed E-state index contributed by atoms with van der Waals surface area (Å²) in [7, 11) is 0. The molecule has 1 fully saturated rings. The largest absolute Gasteiger partial charge is 0.388 e. The molecular formula is C15H26O2. The first kappa shape index (κ1) is 14.5. The van der Waals surface area contributed by atoms with E-state index in [-0.39, 0.29) is 11.7 Å². The van der Waals surface area contributed by atoms with E-state index in [0.29, 0.717) is 18.9 Å². The van der Waals surface area contributed by atoms with E-state index in [1.54, 1.807) is 0 Å². The van der Waals surface area contributed by atoms with Gasteiger partial charge in [0, 0.05) is 12.0 Å². The van der Waals surface area contributed by atoms with Gasteiger partial charge >= 0.3 is 0 Å². The molecule has 1 aliphatic heterocycles. The van der Waals surface area contributed by atoms with E-state index >= 15 is 0 Å². The van der Waals surface area contributed by atoms with Crippen molar-refractivity contribution in [3.63, 3.8) is 0 Å². The summed E-state index contributed by atoms with van der Waals surface area (Å²) >= 11 is 0. The predicted octanol–water partition coefficient (Wildman–Crippen LogP) is 3.45. The van der Waals surface area contributed by atoms with Crippen LogP contribution in [0.3, 0.4) is 0 Å². The molecule has 1 rings (SSSR count). The summed E-state index contributed by atoms with van der Waals surface area (Å²) < 4.78 is 5.90. The highest BCUT2D eigenvalue weighted by atomic mass is 16.5. The van der Waals surface area contributed by atoms with Crippen molar-refractivity contribution >= 4 is 0 Å². The lowest BCUT2D eigenvalue weighted by molar-refractivity contribution is -0.0649. The van der Waals surface area contributed by atoms with Gasteiger partial charge < -0.3 is 9.84 Å². The maximum Gasteiger partial charge on any atom is 0.0962 e. The molecule has 0 aromatic carbocycles. The summed E-state index contributed by atoms with van der Waals surface area (Å²) in [5, 5.41) is 10.1. The molecular weight excluding hydrogens is 212 g/mol. The zero-order chi connectivity index (χ0) is 12.9. The maximum atomic E-state index is 10.1. The van der Waals surface area contributed by atoms with Crippen molar-refractivity contribution in [3.05, 3.63) is 17.4 Å². The molecule has 0 aliphatic carbocycles. The van der Waals surface area contributed by atoms with Crippen molar-refractivity contribution in [1.82, 2.24) is 0 Å². The standard InChI is InChI=1S/C15H26O2/c1-5-6-10-15(4)13(8-7-12(2)3)14(16)9-11-17-15/h7,12,14,16H,5-6,9-11H2,1-4H3/t8?,14-,15+/m0/s1. The lowest BCUT2D eigenvalue weighted by Gasteiger charge is -2.38. The van der Waals surface area contributed by atoms with E-state index in [4.69, 9.17) is 4.74 Å². The van der Waals surface area contributed by atoms with Crippen LogP contribution in [0, 0.1) is 5.92 Å². The first-order chi connectivity index (χ1) is 7.99. The van der Waals surface area contributed by atoms with Crippen LogP contribution >= 0.6 is 0 Å². The van der Waals surface area contributed by atoms with Gasteiger partial charge in [0.15, 0.2) is 0 Å². The normalized spacial score (nSPS) is 29.3. The van der Waals surface area contributed by atoms with Crippen molar-refractivity contribution in [3.8, 4) is 0 Å². The minimum Gasteiger partial charge on any atom is -0.388 e. The monoisotopic (exact) mass is 238 g/mol. The number of unbranched alkanes of at least 4 members (excludes halogenated alkanes) is 1. The number of hydrogen-bond acceptors (Lipinski definition) is 2. The van der Waals surface area contributed by atoms with Crippen LogP contribution in [-0.4, -0.2) is 23.4 Å². The zero-order valence-corrected chi connectivity index (χ0v) is 11.6. The topological polar surface area (TPSA) is 29.5 Å². The Labute approximate surface area is 105 Å². The zero-order valence-electron chi connectivity index (χ0n) is 11.6. The van der Waals surface area contributed by atoms with E-state index in [9.17, 15) is 5.11 Å². The molecule has 17 heavy (non-hydrogen) atoms. The summed E-state index contributed by atoms with van der Waals surface area (Å²) in [6.07, 6.45) is 5.56. The van der Waals surface area contributed by atoms with Gasteiger partial charge in [-0.2, -0.15) is 0 Å². The van der Waals surface area contributed by atoms with Gasteiger partial charge in [-0.15, -0.1) is 5.73 Å². The lowest BCUT2D eigenvalue weighted by atomic mass is 9.84. The second kappa shape index (κ2) is 6.39. The number of ether oxygens (including phenoxy) is 1. The average Bonchev–Trinajstić information content (AvgIpc) is 2.25. The first-order valence-corrected chi connectivity index (χ1v) is 6.79. The van der Waals surface area contributed by atoms with E-state index < -0.39 is 0 Å². The van der Waals surface area contributed by atoms with Crippen LogP contribution in [0.15, 0.2) is 17.4 Å². The van der Waals surface area contributed by atoms with Crippen molar-refractivity contribution in [2.75, 3.05) is 6.61 Å². The third kappa shape index (κ3) is 3.99. The van der Waals surface area contributed by atoms with E-state index in [1.165, 1.54) is 0 Å². The van der Waals surface area contributed by atoms with Gasteiger partial charge in [0.2, 0.25) is 0 Å². The van der Waals surface area contributed by atoms with Gasteiger partial charge in [-0.25, -0.2) is 0 Å². The van der Waals surface area contributed by atoms with Gasteiger partial charge in [-0.1, -0.05) is 33.6 Å². The molecule has 0 saturated carbocycles. The highest BCUT2D eigenvalue weighted by Gasteiger charge is 2.37. The number of rotatable bonds is 4. The molecule has 2 heteroatoms. The fourth-order valence-corrected chi connectivity index (χ4v) is 2.20. The summed E-state index contributed by atoms with van der Waals surface area (Å²) in [6.45, 7) is 9.14. The van der Waals surface area contributed by atoms with Gasteiger partial charge in [0.05, 0.1) is 18.3 Å². The van der Waals surface area contributed by atoms with Crippen LogP contribution in [-0.2, 0) is 4.74 Å². The van der Waals surface area contributed by atoms with Crippen LogP contribution < -0.4 is 0 Å². The number of aliphatic hydroxyl groups excluding tert-OH is 1. The number of aliphatic hydroxyl groups is 1. The summed E-state index contributed by atoms with van der Waals surface area (Å²) in [4.78, 5) is 0. The average molecular weight is 238 g/mol. The molecule has 2 atom stereocenters. The Morgan fingerprint density at radius 1 is 1.59 bits per heavy atom. The molecule has 2 nitrogen and oxygen atoms in total. The summed E-state index contributed by atoms with van der Waals surface area (Å²) in [5.74, 6) is 0.451. The minimum atomic E-state index is -0.388. The Kier molecular flexibility index (Phi) is 5.45. The van der Waals surface area contributed by atoms with Gasteiger partial charge in [-0.05, 0) is 25.3 Å². The molecule has 0 aromatic heterocycles. The maximum absolute atomic E-state index is 10.1. The smallest absolute Gasteiger partial charge is 0.0962 e. The summed E-state index contributed by atoms with van der Waals surface area (Å²) in [6, 6.07) is 0. The van der Waals surface area contributed by atoms with E-state index in [1.807, 2.05) is 6.08 Å². The Hall–Kier alpha value is -0.560.